The van der Waals surface area contributed by atoms with Gasteiger partial charge in [-0.3, -0.25) is 0 Å². The Morgan fingerprint density at radius 3 is 3.00 bits per heavy atom. The number of hydrogen-bond acceptors (Lipinski definition) is 2. The maximum absolute atomic E-state index is 3.56. The highest BCUT2D eigenvalue weighted by molar-refractivity contribution is 7.19. The van der Waals surface area contributed by atoms with E-state index >= 15 is 0 Å². The number of hydrogen-bond donors (Lipinski definition) is 1. The quantitative estimate of drug-likeness (QED) is 0.830. The predicted molar refractivity (Wildman–Crippen MR) is 66.4 cm³/mol. The van der Waals surface area contributed by atoms with Crippen molar-refractivity contribution in [1.82, 2.24) is 5.32 Å². The normalized spacial score (nSPS) is 16.1. The summed E-state index contributed by atoms with van der Waals surface area (Å²) in [6, 6.07) is 9.82. The zero-order chi connectivity index (χ0) is 10.3. The molecule has 0 bridgehead atoms. The van der Waals surface area contributed by atoms with E-state index in [4.69, 9.17) is 0 Å². The fourth-order valence-corrected chi connectivity index (χ4v) is 2.83. The molecule has 1 heterocycles. The Hall–Kier alpha value is -0.860. The van der Waals surface area contributed by atoms with E-state index in [9.17, 15) is 0 Å². The lowest BCUT2D eigenvalue weighted by atomic mass is 10.2. The third kappa shape index (κ3) is 2.06. The van der Waals surface area contributed by atoms with Gasteiger partial charge in [-0.1, -0.05) is 17.7 Å². The summed E-state index contributed by atoms with van der Waals surface area (Å²) in [6.07, 6.45) is 2.73. The van der Waals surface area contributed by atoms with Crippen LogP contribution in [0.15, 0.2) is 24.3 Å². The van der Waals surface area contributed by atoms with E-state index in [-0.39, 0.29) is 0 Å². The van der Waals surface area contributed by atoms with Crippen LogP contribution >= 0.6 is 11.3 Å². The summed E-state index contributed by atoms with van der Waals surface area (Å²) in [5.74, 6) is 0. The summed E-state index contributed by atoms with van der Waals surface area (Å²) in [6.45, 7) is 3.20. The number of fused-ring (bicyclic) bond motifs is 1. The fourth-order valence-electron chi connectivity index (χ4n) is 1.84. The summed E-state index contributed by atoms with van der Waals surface area (Å²) in [5.41, 5.74) is 1.35. The van der Waals surface area contributed by atoms with Gasteiger partial charge in [-0.05, 0) is 37.3 Å². The van der Waals surface area contributed by atoms with Crippen LogP contribution in [-0.4, -0.2) is 6.04 Å². The average Bonchev–Trinajstić information content (AvgIpc) is 2.95. The molecule has 1 saturated carbocycles. The van der Waals surface area contributed by atoms with E-state index in [0.717, 1.165) is 12.6 Å². The van der Waals surface area contributed by atoms with Crippen molar-refractivity contribution in [3.8, 4) is 0 Å². The third-order valence-electron chi connectivity index (χ3n) is 2.87. The average molecular weight is 217 g/mol. The second-order valence-corrected chi connectivity index (χ2v) is 5.58. The van der Waals surface area contributed by atoms with E-state index in [1.54, 1.807) is 0 Å². The molecule has 1 aromatic heterocycles. The van der Waals surface area contributed by atoms with Crippen molar-refractivity contribution in [3.05, 3.63) is 34.7 Å². The molecule has 1 aliphatic carbocycles. The van der Waals surface area contributed by atoms with Gasteiger partial charge in [-0.15, -0.1) is 11.3 Å². The Morgan fingerprint density at radius 1 is 1.33 bits per heavy atom. The predicted octanol–water partition coefficient (Wildman–Crippen LogP) is 3.46. The van der Waals surface area contributed by atoms with Gasteiger partial charge in [-0.25, -0.2) is 0 Å². The van der Waals surface area contributed by atoms with E-state index in [2.05, 4.69) is 36.5 Å². The molecule has 1 aliphatic rings. The van der Waals surface area contributed by atoms with Gasteiger partial charge in [-0.2, -0.15) is 0 Å². The van der Waals surface area contributed by atoms with Gasteiger partial charge in [0, 0.05) is 22.2 Å². The van der Waals surface area contributed by atoms with Crippen LogP contribution in [0.4, 0.5) is 0 Å². The molecular weight excluding hydrogens is 202 g/mol. The molecule has 3 rings (SSSR count). The zero-order valence-corrected chi connectivity index (χ0v) is 9.73. The summed E-state index contributed by atoms with van der Waals surface area (Å²) in [5, 5.41) is 4.95. The van der Waals surface area contributed by atoms with E-state index < -0.39 is 0 Å². The Bertz CT molecular complexity index is 482. The molecule has 2 aromatic rings. The highest BCUT2D eigenvalue weighted by atomic mass is 32.1. The lowest BCUT2D eigenvalue weighted by Crippen LogP contribution is -2.14. The Balaban J connectivity index is 1.84. The maximum atomic E-state index is 3.56. The molecule has 78 valence electrons. The number of benzene rings is 1. The molecule has 0 radical (unpaired) electrons. The zero-order valence-electron chi connectivity index (χ0n) is 8.92. The van der Waals surface area contributed by atoms with Gasteiger partial charge in [0.05, 0.1) is 0 Å². The van der Waals surface area contributed by atoms with Crippen LogP contribution < -0.4 is 5.32 Å². The molecule has 1 fully saturated rings. The van der Waals surface area contributed by atoms with Crippen LogP contribution in [0.1, 0.15) is 23.3 Å². The first-order chi connectivity index (χ1) is 7.31. The van der Waals surface area contributed by atoms with Crippen molar-refractivity contribution >= 4 is 21.4 Å². The van der Waals surface area contributed by atoms with Gasteiger partial charge in [0.25, 0.3) is 0 Å². The van der Waals surface area contributed by atoms with E-state index in [1.807, 2.05) is 11.3 Å². The van der Waals surface area contributed by atoms with Crippen molar-refractivity contribution in [2.75, 3.05) is 0 Å². The minimum Gasteiger partial charge on any atom is -0.309 e. The van der Waals surface area contributed by atoms with Gasteiger partial charge < -0.3 is 5.32 Å². The van der Waals surface area contributed by atoms with Gasteiger partial charge in [0.1, 0.15) is 0 Å². The molecule has 0 atom stereocenters. The second-order valence-electron chi connectivity index (χ2n) is 4.41. The van der Waals surface area contributed by atoms with Crippen LogP contribution in [0.3, 0.4) is 0 Å². The molecule has 15 heavy (non-hydrogen) atoms. The largest absolute Gasteiger partial charge is 0.309 e. The minimum atomic E-state index is 0.803. The first kappa shape index (κ1) is 9.37. The Morgan fingerprint density at radius 2 is 2.20 bits per heavy atom. The molecule has 1 nitrogen and oxygen atoms in total. The highest BCUT2D eigenvalue weighted by Gasteiger charge is 2.20. The Labute approximate surface area is 94.1 Å². The first-order valence-corrected chi connectivity index (χ1v) is 6.35. The molecule has 1 aromatic carbocycles. The van der Waals surface area contributed by atoms with E-state index in [1.165, 1.54) is 33.4 Å². The maximum Gasteiger partial charge on any atom is 0.0346 e. The minimum absolute atomic E-state index is 0.803. The van der Waals surface area contributed by atoms with Crippen molar-refractivity contribution < 1.29 is 0 Å². The monoisotopic (exact) mass is 217 g/mol. The number of nitrogens with one attached hydrogen (secondary N) is 1. The van der Waals surface area contributed by atoms with Crippen LogP contribution in [0.25, 0.3) is 10.1 Å². The summed E-state index contributed by atoms with van der Waals surface area (Å²) in [4.78, 5) is 1.46. The van der Waals surface area contributed by atoms with Crippen LogP contribution in [0, 0.1) is 6.92 Å². The highest BCUT2D eigenvalue weighted by Crippen LogP contribution is 2.27. The molecule has 1 N–H and O–H groups in total. The van der Waals surface area contributed by atoms with Gasteiger partial charge in [0.15, 0.2) is 0 Å². The standard InChI is InChI=1S/C13H15NS/c1-9-2-5-13-10(6-9)7-12(15-13)8-14-11-3-4-11/h2,5-7,11,14H,3-4,8H2,1H3. The molecule has 0 spiro atoms. The lowest BCUT2D eigenvalue weighted by Gasteiger charge is -1.97. The summed E-state index contributed by atoms with van der Waals surface area (Å²) >= 11 is 1.91. The molecule has 0 saturated heterocycles. The van der Waals surface area contributed by atoms with Gasteiger partial charge in [0.2, 0.25) is 0 Å². The number of rotatable bonds is 3. The van der Waals surface area contributed by atoms with Gasteiger partial charge >= 0.3 is 0 Å². The van der Waals surface area contributed by atoms with Crippen molar-refractivity contribution in [2.24, 2.45) is 0 Å². The van der Waals surface area contributed by atoms with Crippen LogP contribution in [0.5, 0.6) is 0 Å². The third-order valence-corrected chi connectivity index (χ3v) is 3.98. The summed E-state index contributed by atoms with van der Waals surface area (Å²) in [7, 11) is 0. The van der Waals surface area contributed by atoms with Crippen LogP contribution in [0.2, 0.25) is 0 Å². The number of thiophene rings is 1. The van der Waals surface area contributed by atoms with Crippen LogP contribution in [-0.2, 0) is 6.54 Å². The second kappa shape index (κ2) is 3.62. The SMILES string of the molecule is Cc1ccc2sc(CNC3CC3)cc2c1. The molecule has 0 unspecified atom stereocenters. The Kier molecular flexibility index (Phi) is 2.26. The fraction of sp³-hybridized carbons (Fsp3) is 0.385. The smallest absolute Gasteiger partial charge is 0.0346 e. The molecule has 2 heteroatoms. The summed E-state index contributed by atoms with van der Waals surface area (Å²) < 4.78 is 1.41. The van der Waals surface area contributed by atoms with Crippen molar-refractivity contribution in [3.63, 3.8) is 0 Å². The van der Waals surface area contributed by atoms with Crippen molar-refractivity contribution in [2.45, 2.75) is 32.4 Å². The lowest BCUT2D eigenvalue weighted by molar-refractivity contribution is 0.695. The molecule has 0 amide bonds. The van der Waals surface area contributed by atoms with E-state index in [0.29, 0.717) is 0 Å². The van der Waals surface area contributed by atoms with Crippen molar-refractivity contribution in [1.29, 1.82) is 0 Å². The molecular formula is C13H15NS. The number of aryl methyl sites for hydroxylation is 1. The first-order valence-electron chi connectivity index (χ1n) is 5.54. The topological polar surface area (TPSA) is 12.0 Å². The molecule has 0 aliphatic heterocycles.